The third kappa shape index (κ3) is 3.92. The molecule has 0 unspecified atom stereocenters. The van der Waals surface area contributed by atoms with Gasteiger partial charge in [-0.25, -0.2) is 0 Å². The first-order valence-corrected chi connectivity index (χ1v) is 4.40. The molecule has 15 heavy (non-hydrogen) atoms. The maximum absolute atomic E-state index is 12.2. The quantitative estimate of drug-likeness (QED) is 0.347. The summed E-state index contributed by atoms with van der Waals surface area (Å²) in [7, 11) is 0. The zero-order chi connectivity index (χ0) is 11.5. The number of rotatable bonds is 3. The zero-order valence-electron chi connectivity index (χ0n) is 7.08. The Labute approximate surface area is 86.2 Å². The molecule has 0 aliphatic rings. The molecule has 0 atom stereocenters. The van der Waals surface area contributed by atoms with Gasteiger partial charge in [-0.1, -0.05) is 27.2 Å². The second kappa shape index (κ2) is 4.67. The summed E-state index contributed by atoms with van der Waals surface area (Å²) in [5, 5.41) is 0. The van der Waals surface area contributed by atoms with Crippen LogP contribution in [0.5, 0.6) is 0 Å². The molecule has 1 aromatic rings. The molecule has 0 N–H and O–H groups in total. The van der Waals surface area contributed by atoms with Crippen LogP contribution in [0.15, 0.2) is 30.3 Å². The Bertz CT molecular complexity index is 302. The van der Waals surface area contributed by atoms with E-state index >= 15 is 0 Å². The van der Waals surface area contributed by atoms with Crippen molar-refractivity contribution in [1.82, 2.24) is 5.45 Å². The third-order valence-corrected chi connectivity index (χ3v) is 2.02. The first-order chi connectivity index (χ1) is 6.90. The van der Waals surface area contributed by atoms with Crippen molar-refractivity contribution in [3.05, 3.63) is 30.3 Å². The van der Waals surface area contributed by atoms with Crippen molar-refractivity contribution >= 4 is 17.6 Å². The molecule has 8 heteroatoms. The summed E-state index contributed by atoms with van der Waals surface area (Å²) in [6.45, 7) is 0. The van der Waals surface area contributed by atoms with Crippen LogP contribution in [0.1, 0.15) is 0 Å². The van der Waals surface area contributed by atoms with Crippen molar-refractivity contribution in [2.45, 2.75) is 5.51 Å². The normalized spacial score (nSPS) is 11.9. The van der Waals surface area contributed by atoms with E-state index in [0.29, 0.717) is 0 Å². The van der Waals surface area contributed by atoms with Crippen LogP contribution in [-0.4, -0.2) is 11.0 Å². The van der Waals surface area contributed by atoms with Crippen LogP contribution in [-0.2, 0) is 0 Å². The lowest BCUT2D eigenvalue weighted by atomic mass is 10.3. The van der Waals surface area contributed by atoms with Crippen LogP contribution in [0, 0.1) is 0 Å². The maximum Gasteiger partial charge on any atom is 0.463 e. The fraction of sp³-hybridized carbons (Fsp3) is 0.143. The van der Waals surface area contributed by atoms with Crippen molar-refractivity contribution in [1.29, 1.82) is 0 Å². The topological polar surface area (TPSA) is 6.48 Å². The fourth-order valence-corrected chi connectivity index (χ4v) is 1.31. The number of anilines is 1. The van der Waals surface area contributed by atoms with Crippen LogP contribution >= 0.6 is 11.9 Å². The highest BCUT2D eigenvalue weighted by Crippen LogP contribution is 2.37. The van der Waals surface area contributed by atoms with E-state index in [1.54, 1.807) is 0 Å². The molecular formula is C7H5F5N2S. The summed E-state index contributed by atoms with van der Waals surface area (Å²) in [5.41, 5.74) is -6.65. The third-order valence-electron chi connectivity index (χ3n) is 1.30. The molecule has 0 saturated carbocycles. The molecule has 1 rings (SSSR count). The second-order valence-electron chi connectivity index (χ2n) is 2.36. The summed E-state index contributed by atoms with van der Waals surface area (Å²) in [5.74, 6) is 0. The predicted molar refractivity (Wildman–Crippen MR) is 46.6 cm³/mol. The molecule has 0 spiro atoms. The largest absolute Gasteiger partial charge is 0.463 e. The highest BCUT2D eigenvalue weighted by molar-refractivity contribution is 8.01. The minimum Gasteiger partial charge on any atom is -0.183 e. The van der Waals surface area contributed by atoms with Gasteiger partial charge in [-0.2, -0.15) is 17.6 Å². The van der Waals surface area contributed by atoms with Crippen molar-refractivity contribution in [3.8, 4) is 0 Å². The molecule has 0 saturated heterocycles. The van der Waals surface area contributed by atoms with Crippen LogP contribution in [0.25, 0.3) is 0 Å². The lowest BCUT2D eigenvalue weighted by Crippen LogP contribution is -2.28. The van der Waals surface area contributed by atoms with E-state index < -0.39 is 22.9 Å². The molecule has 0 radical (unpaired) electrons. The summed E-state index contributed by atoms with van der Waals surface area (Å²) in [4.78, 5) is 0. The van der Waals surface area contributed by atoms with Gasteiger partial charge in [0.1, 0.15) is 5.45 Å². The van der Waals surface area contributed by atoms with Gasteiger partial charge >= 0.3 is 5.51 Å². The molecule has 0 bridgehead atoms. The van der Waals surface area contributed by atoms with Crippen LogP contribution < -0.4 is 4.41 Å². The van der Waals surface area contributed by atoms with Gasteiger partial charge in [0.25, 0.3) is 0 Å². The summed E-state index contributed by atoms with van der Waals surface area (Å²) < 4.78 is 59.8. The van der Waals surface area contributed by atoms with Crippen LogP contribution in [0.2, 0.25) is 0 Å². The van der Waals surface area contributed by atoms with Gasteiger partial charge in [-0.3, -0.25) is 0 Å². The van der Waals surface area contributed by atoms with Crippen molar-refractivity contribution in [2.75, 3.05) is 4.41 Å². The van der Waals surface area contributed by atoms with E-state index in [4.69, 9.17) is 0 Å². The first-order valence-electron chi connectivity index (χ1n) is 3.63. The number of para-hydroxylation sites is 1. The molecule has 0 aliphatic carbocycles. The van der Waals surface area contributed by atoms with Gasteiger partial charge in [0.2, 0.25) is 0 Å². The summed E-state index contributed by atoms with van der Waals surface area (Å²) in [6.07, 6.45) is 0. The molecule has 84 valence electrons. The Hall–Kier alpha value is -1.02. The second-order valence-corrected chi connectivity index (χ2v) is 3.35. The molecular weight excluding hydrogens is 239 g/mol. The standard InChI is InChI=1S/C7H5F5N2S/c8-7(9,10)15-13(14(11)12)6-4-2-1-3-5-6/h1-5H. The van der Waals surface area contributed by atoms with E-state index in [2.05, 4.69) is 0 Å². The highest BCUT2D eigenvalue weighted by Gasteiger charge is 2.36. The summed E-state index contributed by atoms with van der Waals surface area (Å²) >= 11 is -0.928. The first kappa shape index (κ1) is 12.1. The lowest BCUT2D eigenvalue weighted by molar-refractivity contribution is -0.147. The van der Waals surface area contributed by atoms with E-state index in [-0.39, 0.29) is 10.1 Å². The van der Waals surface area contributed by atoms with Gasteiger partial charge < -0.3 is 0 Å². The van der Waals surface area contributed by atoms with E-state index in [9.17, 15) is 22.1 Å². The van der Waals surface area contributed by atoms with Crippen LogP contribution in [0.3, 0.4) is 0 Å². The monoisotopic (exact) mass is 244 g/mol. The molecule has 0 heterocycles. The maximum atomic E-state index is 12.2. The Morgan fingerprint density at radius 2 is 1.53 bits per heavy atom. The SMILES string of the molecule is FN(F)N(SC(F)(F)F)c1ccccc1. The predicted octanol–water partition coefficient (Wildman–Crippen LogP) is 3.65. The van der Waals surface area contributed by atoms with Crippen molar-refractivity contribution < 1.29 is 22.1 Å². The Balaban J connectivity index is 2.85. The van der Waals surface area contributed by atoms with Gasteiger partial charge in [0.15, 0.2) is 0 Å². The number of nitrogens with zero attached hydrogens (tertiary/aromatic N) is 2. The number of halogens is 5. The Morgan fingerprint density at radius 1 is 1.00 bits per heavy atom. The van der Waals surface area contributed by atoms with Crippen molar-refractivity contribution in [3.63, 3.8) is 0 Å². The zero-order valence-corrected chi connectivity index (χ0v) is 7.90. The average Bonchev–Trinajstić information content (AvgIpc) is 2.14. The average molecular weight is 244 g/mol. The smallest absolute Gasteiger partial charge is 0.183 e. The Morgan fingerprint density at radius 3 is 1.93 bits per heavy atom. The fourth-order valence-electron chi connectivity index (χ4n) is 0.824. The van der Waals surface area contributed by atoms with E-state index in [1.807, 2.05) is 0 Å². The minimum atomic E-state index is -4.77. The number of hydrazine groups is 1. The number of hydrogen-bond donors (Lipinski definition) is 0. The molecule has 0 aliphatic heterocycles. The molecule has 0 fully saturated rings. The lowest BCUT2D eigenvalue weighted by Gasteiger charge is -2.22. The summed E-state index contributed by atoms with van der Waals surface area (Å²) in [6, 6.07) is 6.53. The molecule has 2 nitrogen and oxygen atoms in total. The highest BCUT2D eigenvalue weighted by atomic mass is 32.2. The molecule has 1 aromatic carbocycles. The van der Waals surface area contributed by atoms with Gasteiger partial charge in [-0.05, 0) is 12.1 Å². The number of benzene rings is 1. The van der Waals surface area contributed by atoms with Gasteiger partial charge in [-0.15, -0.1) is 0 Å². The van der Waals surface area contributed by atoms with Gasteiger partial charge in [0.05, 0.1) is 17.6 Å². The number of alkyl halides is 3. The van der Waals surface area contributed by atoms with Crippen molar-refractivity contribution in [2.24, 2.45) is 0 Å². The van der Waals surface area contributed by atoms with E-state index in [0.717, 1.165) is 12.1 Å². The Kier molecular flexibility index (Phi) is 3.75. The minimum absolute atomic E-state index is 0.250. The van der Waals surface area contributed by atoms with Crippen LogP contribution in [0.4, 0.5) is 27.8 Å². The number of hydrogen-bond acceptors (Lipinski definition) is 3. The molecule has 0 aromatic heterocycles. The molecule has 0 amide bonds. The van der Waals surface area contributed by atoms with E-state index in [1.165, 1.54) is 18.2 Å². The van der Waals surface area contributed by atoms with Gasteiger partial charge in [0, 0.05) is 0 Å².